The van der Waals surface area contributed by atoms with Gasteiger partial charge in [-0.3, -0.25) is 14.7 Å². The van der Waals surface area contributed by atoms with Gasteiger partial charge in [0, 0.05) is 43.7 Å². The van der Waals surface area contributed by atoms with E-state index in [-0.39, 0.29) is 11.5 Å². The molecule has 4 rings (SSSR count). The Morgan fingerprint density at radius 2 is 1.87 bits per heavy atom. The Morgan fingerprint density at radius 1 is 1.13 bits per heavy atom. The van der Waals surface area contributed by atoms with Crippen LogP contribution >= 0.6 is 0 Å². The monoisotopic (exact) mass is 428 g/mol. The van der Waals surface area contributed by atoms with E-state index in [0.29, 0.717) is 29.9 Å². The van der Waals surface area contributed by atoms with Gasteiger partial charge in [-0.25, -0.2) is 4.98 Å². The van der Waals surface area contributed by atoms with Gasteiger partial charge in [-0.2, -0.15) is 13.2 Å². The highest BCUT2D eigenvalue weighted by Crippen LogP contribution is 2.30. The summed E-state index contributed by atoms with van der Waals surface area (Å²) < 4.78 is 38.2. The molecule has 8 heteroatoms. The topological polar surface area (TPSA) is 61.9 Å². The molecule has 0 bridgehead atoms. The molecule has 0 radical (unpaired) electrons. The van der Waals surface area contributed by atoms with Crippen LogP contribution in [0.2, 0.25) is 0 Å². The van der Waals surface area contributed by atoms with Gasteiger partial charge in [0.2, 0.25) is 0 Å². The van der Waals surface area contributed by atoms with Crippen molar-refractivity contribution in [1.82, 2.24) is 19.9 Å². The average Bonchev–Trinajstić information content (AvgIpc) is 2.74. The zero-order valence-electron chi connectivity index (χ0n) is 17.3. The molecular formula is C23H23F3N4O. The van der Waals surface area contributed by atoms with Crippen LogP contribution in [0.1, 0.15) is 48.0 Å². The minimum Gasteiger partial charge on any atom is -0.310 e. The molecular weight excluding hydrogens is 405 g/mol. The van der Waals surface area contributed by atoms with E-state index in [0.717, 1.165) is 42.2 Å². The molecule has 162 valence electrons. The highest BCUT2D eigenvalue weighted by Gasteiger charge is 2.30. The maximum absolute atomic E-state index is 12.7. The second-order valence-electron chi connectivity index (χ2n) is 8.12. The van der Waals surface area contributed by atoms with Crippen LogP contribution in [0.15, 0.2) is 47.4 Å². The van der Waals surface area contributed by atoms with Gasteiger partial charge < -0.3 is 4.98 Å². The average molecular weight is 428 g/mol. The van der Waals surface area contributed by atoms with E-state index in [1.165, 1.54) is 12.1 Å². The lowest BCUT2D eigenvalue weighted by molar-refractivity contribution is -0.137. The molecule has 3 aromatic rings. The van der Waals surface area contributed by atoms with Crippen LogP contribution in [0.5, 0.6) is 0 Å². The number of aromatic nitrogens is 3. The summed E-state index contributed by atoms with van der Waals surface area (Å²) in [6, 6.07) is 8.70. The second kappa shape index (κ2) is 8.26. The zero-order chi connectivity index (χ0) is 22.2. The highest BCUT2D eigenvalue weighted by atomic mass is 19.4. The van der Waals surface area contributed by atoms with Crippen molar-refractivity contribution in [2.75, 3.05) is 6.54 Å². The van der Waals surface area contributed by atoms with E-state index in [1.54, 1.807) is 12.3 Å². The predicted octanol–water partition coefficient (Wildman–Crippen LogP) is 4.53. The molecule has 31 heavy (non-hydrogen) atoms. The number of H-pyrrole nitrogens is 1. The van der Waals surface area contributed by atoms with Crippen molar-refractivity contribution in [3.8, 4) is 11.3 Å². The van der Waals surface area contributed by atoms with Crippen molar-refractivity contribution in [2.24, 2.45) is 0 Å². The highest BCUT2D eigenvalue weighted by molar-refractivity contribution is 5.59. The molecule has 0 aliphatic carbocycles. The minimum absolute atomic E-state index is 0.0748. The summed E-state index contributed by atoms with van der Waals surface area (Å²) in [6.45, 7) is 5.95. The van der Waals surface area contributed by atoms with Crippen LogP contribution in [0.25, 0.3) is 11.3 Å². The maximum atomic E-state index is 12.7. The third kappa shape index (κ3) is 4.69. The summed E-state index contributed by atoms with van der Waals surface area (Å²) >= 11 is 0. The van der Waals surface area contributed by atoms with Crippen LogP contribution in [0, 0.1) is 0 Å². The quantitative estimate of drug-likeness (QED) is 0.663. The molecule has 0 saturated carbocycles. The van der Waals surface area contributed by atoms with E-state index in [4.69, 9.17) is 0 Å². The van der Waals surface area contributed by atoms with E-state index in [1.807, 2.05) is 19.9 Å². The molecule has 0 atom stereocenters. The van der Waals surface area contributed by atoms with Crippen molar-refractivity contribution in [3.63, 3.8) is 0 Å². The molecule has 1 aromatic carbocycles. The first-order valence-corrected chi connectivity index (χ1v) is 10.2. The first kappa shape index (κ1) is 21.2. The van der Waals surface area contributed by atoms with Crippen molar-refractivity contribution in [3.05, 3.63) is 81.2 Å². The molecule has 5 nitrogen and oxygen atoms in total. The summed E-state index contributed by atoms with van der Waals surface area (Å²) in [7, 11) is 0. The van der Waals surface area contributed by atoms with Gasteiger partial charge in [0.25, 0.3) is 5.56 Å². The van der Waals surface area contributed by atoms with Gasteiger partial charge in [-0.1, -0.05) is 32.0 Å². The Hall–Kier alpha value is -3.00. The Kier molecular flexibility index (Phi) is 5.66. The Labute approximate surface area is 178 Å². The number of nitrogens with one attached hydrogen (secondary N) is 1. The molecule has 0 fully saturated rings. The fraction of sp³-hybridized carbons (Fsp3) is 0.348. The van der Waals surface area contributed by atoms with Gasteiger partial charge in [0.05, 0.1) is 22.5 Å². The van der Waals surface area contributed by atoms with Gasteiger partial charge in [0.1, 0.15) is 5.82 Å². The lowest BCUT2D eigenvalue weighted by Gasteiger charge is -2.28. The standard InChI is InChI=1S/C23H23F3N4O/c1-14(2)21-28-20-9-10-30(13-18(20)22(31)29-21)12-15-3-8-19(27-11-15)16-4-6-17(7-5-16)23(24,25)26/h3-8,11,14H,9-10,12-13H2,1-2H3,(H,28,29,31). The number of nitrogens with zero attached hydrogens (tertiary/aromatic N) is 3. The third-order valence-corrected chi connectivity index (χ3v) is 5.45. The van der Waals surface area contributed by atoms with Gasteiger partial charge in [0.15, 0.2) is 0 Å². The number of hydrogen-bond acceptors (Lipinski definition) is 4. The molecule has 1 aliphatic heterocycles. The summed E-state index contributed by atoms with van der Waals surface area (Å²) in [4.78, 5) is 26.5. The summed E-state index contributed by atoms with van der Waals surface area (Å²) in [6.07, 6.45) is -1.90. The normalized spacial score (nSPS) is 14.6. The van der Waals surface area contributed by atoms with E-state index >= 15 is 0 Å². The van der Waals surface area contributed by atoms with Crippen LogP contribution in [-0.2, 0) is 25.7 Å². The Morgan fingerprint density at radius 3 is 2.48 bits per heavy atom. The van der Waals surface area contributed by atoms with Crippen molar-refractivity contribution >= 4 is 0 Å². The third-order valence-electron chi connectivity index (χ3n) is 5.45. The lowest BCUT2D eigenvalue weighted by atomic mass is 10.0. The van der Waals surface area contributed by atoms with Crippen molar-refractivity contribution in [1.29, 1.82) is 0 Å². The maximum Gasteiger partial charge on any atom is 0.416 e. The molecule has 1 aliphatic rings. The minimum atomic E-state index is -4.35. The number of benzene rings is 1. The van der Waals surface area contributed by atoms with Gasteiger partial charge in [-0.05, 0) is 23.8 Å². The molecule has 0 unspecified atom stereocenters. The number of halogens is 3. The first-order chi connectivity index (χ1) is 14.7. The largest absolute Gasteiger partial charge is 0.416 e. The Bertz CT molecular complexity index is 1120. The smallest absolute Gasteiger partial charge is 0.310 e. The van der Waals surface area contributed by atoms with Crippen molar-refractivity contribution in [2.45, 2.75) is 45.5 Å². The van der Waals surface area contributed by atoms with Crippen LogP contribution < -0.4 is 5.56 Å². The number of pyridine rings is 1. The fourth-order valence-corrected chi connectivity index (χ4v) is 3.69. The second-order valence-corrected chi connectivity index (χ2v) is 8.12. The van der Waals surface area contributed by atoms with Crippen LogP contribution in [-0.4, -0.2) is 26.4 Å². The summed E-state index contributed by atoms with van der Waals surface area (Å²) in [5, 5.41) is 0. The van der Waals surface area contributed by atoms with Crippen LogP contribution in [0.3, 0.4) is 0 Å². The summed E-state index contributed by atoms with van der Waals surface area (Å²) in [5.41, 5.74) is 3.05. The van der Waals surface area contributed by atoms with E-state index in [2.05, 4.69) is 19.9 Å². The molecule has 0 saturated heterocycles. The number of aromatic amines is 1. The van der Waals surface area contributed by atoms with Gasteiger partial charge >= 0.3 is 6.18 Å². The number of rotatable bonds is 4. The number of hydrogen-bond donors (Lipinski definition) is 1. The Balaban J connectivity index is 1.45. The van der Waals surface area contributed by atoms with Gasteiger partial charge in [-0.15, -0.1) is 0 Å². The SMILES string of the molecule is CC(C)c1nc2c(c(=O)[nH]1)CN(Cc1ccc(-c3ccc(C(F)(F)F)cc3)nc1)CC2. The molecule has 0 spiro atoms. The molecule has 3 heterocycles. The van der Waals surface area contributed by atoms with E-state index in [9.17, 15) is 18.0 Å². The number of alkyl halides is 3. The lowest BCUT2D eigenvalue weighted by Crippen LogP contribution is -2.36. The van der Waals surface area contributed by atoms with Crippen LogP contribution in [0.4, 0.5) is 13.2 Å². The number of fused-ring (bicyclic) bond motifs is 1. The molecule has 2 aromatic heterocycles. The first-order valence-electron chi connectivity index (χ1n) is 10.2. The molecule has 0 amide bonds. The van der Waals surface area contributed by atoms with E-state index < -0.39 is 11.7 Å². The zero-order valence-corrected chi connectivity index (χ0v) is 17.3. The fourth-order valence-electron chi connectivity index (χ4n) is 3.69. The summed E-state index contributed by atoms with van der Waals surface area (Å²) in [5.74, 6) is 0.894. The predicted molar refractivity (Wildman–Crippen MR) is 111 cm³/mol. The van der Waals surface area contributed by atoms with Crippen molar-refractivity contribution < 1.29 is 13.2 Å². The molecule has 1 N–H and O–H groups in total.